The predicted molar refractivity (Wildman–Crippen MR) is 332 cm³/mol. The molecule has 7 rings (SSSR count). The molecule has 0 bridgehead atoms. The Morgan fingerprint density at radius 1 is 0.750 bits per heavy atom. The van der Waals surface area contributed by atoms with Crippen molar-refractivity contribution in [3.05, 3.63) is 191 Å². The SMILES string of the molecule is Cc1cc(/C=C\C=C2\N(C)c3ccc4ccccc4c3C2(C)C)cc(C)[n+]1CCOCCOCCNC(=O)CCCCCCC(=O)NC(N)=NCCC[C@@H](NC(=O)C(c1ccccc1)c1ccccc1)C(=O)NCc1ccc(O)cc1.O=C([O-])C(F)(F)F. The summed E-state index contributed by atoms with van der Waals surface area (Å²) in [6.07, 6.45) is 5.64. The molecule has 0 aliphatic carbocycles. The van der Waals surface area contributed by atoms with Crippen molar-refractivity contribution in [2.75, 3.05) is 51.5 Å². The highest BCUT2D eigenvalue weighted by Crippen LogP contribution is 2.50. The number of halogens is 3. The molecule has 468 valence electrons. The summed E-state index contributed by atoms with van der Waals surface area (Å²) in [5, 5.41) is 32.5. The van der Waals surface area contributed by atoms with Gasteiger partial charge in [0.2, 0.25) is 23.6 Å². The van der Waals surface area contributed by atoms with Crippen molar-refractivity contribution in [2.24, 2.45) is 10.7 Å². The first-order chi connectivity index (χ1) is 42.1. The molecule has 7 N–H and O–H groups in total. The summed E-state index contributed by atoms with van der Waals surface area (Å²) in [5.41, 5.74) is 15.7. The number of aliphatic imine (C=N–C) groups is 1. The van der Waals surface area contributed by atoms with E-state index in [-0.39, 0.29) is 66.7 Å². The van der Waals surface area contributed by atoms with Gasteiger partial charge >= 0.3 is 6.18 Å². The first kappa shape index (κ1) is 68.2. The molecular weight excluding hydrogens is 1130 g/mol. The summed E-state index contributed by atoms with van der Waals surface area (Å²) >= 11 is 0. The van der Waals surface area contributed by atoms with Gasteiger partial charge in [-0.15, -0.1) is 0 Å². The van der Waals surface area contributed by atoms with Crippen molar-refractivity contribution in [1.29, 1.82) is 0 Å². The number of rotatable bonds is 29. The Balaban J connectivity index is 0.00000166. The van der Waals surface area contributed by atoms with E-state index in [1.54, 1.807) is 24.3 Å². The maximum absolute atomic E-state index is 14.0. The van der Waals surface area contributed by atoms with Crippen LogP contribution in [0.15, 0.2) is 156 Å². The van der Waals surface area contributed by atoms with Crippen molar-refractivity contribution in [3.63, 3.8) is 0 Å². The molecule has 5 aromatic carbocycles. The zero-order chi connectivity index (χ0) is 63.6. The number of carbonyl (C=O) groups is 5. The monoisotopic (exact) mass is 1210 g/mol. The Labute approximate surface area is 512 Å². The summed E-state index contributed by atoms with van der Waals surface area (Å²) in [6.45, 7) is 12.3. The third kappa shape index (κ3) is 20.9. The number of carboxylic acids is 1. The van der Waals surface area contributed by atoms with Gasteiger partial charge in [-0.05, 0) is 88.5 Å². The highest BCUT2D eigenvalue weighted by molar-refractivity contribution is 5.96. The second-order valence-electron chi connectivity index (χ2n) is 21.9. The topological polar surface area (TPSA) is 241 Å². The van der Waals surface area contributed by atoms with Crippen LogP contribution < -0.4 is 41.6 Å². The van der Waals surface area contributed by atoms with Gasteiger partial charge < -0.3 is 51.1 Å². The number of nitrogens with zero attached hydrogens (tertiary/aromatic N) is 3. The average Bonchev–Trinajstić information content (AvgIpc) is 1.92. The van der Waals surface area contributed by atoms with Crippen LogP contribution in [-0.4, -0.2) is 99.4 Å². The number of unbranched alkanes of at least 4 members (excludes halogenated alkanes) is 3. The van der Waals surface area contributed by atoms with Crippen LogP contribution in [0.4, 0.5) is 18.9 Å². The number of aryl methyl sites for hydroxylation is 2. The Morgan fingerprint density at radius 2 is 1.34 bits per heavy atom. The highest BCUT2D eigenvalue weighted by atomic mass is 19.4. The number of phenolic OH excluding ortho intramolecular Hbond substituents is 1. The number of fused-ring (bicyclic) bond motifs is 3. The van der Waals surface area contributed by atoms with Gasteiger partial charge in [-0.3, -0.25) is 29.5 Å². The van der Waals surface area contributed by atoms with Crippen LogP contribution in [0.2, 0.25) is 0 Å². The molecule has 0 spiro atoms. The summed E-state index contributed by atoms with van der Waals surface area (Å²) < 4.78 is 45.4. The van der Waals surface area contributed by atoms with Crippen LogP contribution in [0.25, 0.3) is 16.8 Å². The number of phenols is 1. The molecule has 0 fully saturated rings. The number of aliphatic carboxylic acids is 1. The standard InChI is InChI=1S/C66H80N8O7.C2HF3O2/c1-47-44-50(20-18-28-58-66(3,4)62-55-26-17-16-21-51(55)33-36-57(62)73(58)5)45-48(2)74(47)39-41-81-43-42-80-40-38-68-59(76)29-14-6-7-15-30-60(77)72-65(67)69-37-19-27-56(63(78)70-46-49-31-34-54(75)35-32-49)71-64(79)61(52-22-10-8-11-23-52)53-24-12-9-13-25-53;3-2(4,5)1(6)7/h8-13,16-18,20-26,28,31-36,44-45,56,61H,6-7,14-15,19,27,29-30,37-43,46H2,1-5H3,(H6-,67,68,69,70,71,72,75,76,77,78,79);(H,6,7)/t56-;/m1./s1. The number of amides is 4. The van der Waals surface area contributed by atoms with Crippen LogP contribution >= 0.6 is 0 Å². The highest BCUT2D eigenvalue weighted by Gasteiger charge is 2.39. The number of nitrogens with one attached hydrogen (secondary N) is 4. The van der Waals surface area contributed by atoms with Crippen LogP contribution in [-0.2, 0) is 52.0 Å². The van der Waals surface area contributed by atoms with E-state index in [4.69, 9.17) is 25.1 Å². The zero-order valence-electron chi connectivity index (χ0n) is 50.7. The molecule has 0 radical (unpaired) electrons. The third-order valence-electron chi connectivity index (χ3n) is 15.0. The van der Waals surface area contributed by atoms with E-state index < -0.39 is 24.1 Å². The Hall–Kier alpha value is -8.88. The number of carboxylic acid groups (broad SMARTS) is 1. The quantitative estimate of drug-likeness (QED) is 0.0113. The number of anilines is 1. The molecule has 2 heterocycles. The number of allylic oxidation sites excluding steroid dienone is 3. The number of hydrogen-bond acceptors (Lipinski definition) is 11. The Kier molecular flexibility index (Phi) is 26.3. The normalized spacial score (nSPS) is 13.7. The third-order valence-corrected chi connectivity index (χ3v) is 15.0. The van der Waals surface area contributed by atoms with E-state index in [0.29, 0.717) is 58.7 Å². The number of nitrogens with two attached hydrogens (primary N) is 1. The second-order valence-corrected chi connectivity index (χ2v) is 21.9. The second kappa shape index (κ2) is 33.9. The van der Waals surface area contributed by atoms with Gasteiger partial charge in [-0.2, -0.15) is 17.7 Å². The summed E-state index contributed by atoms with van der Waals surface area (Å²) in [5.74, 6) is -4.51. The molecule has 88 heavy (non-hydrogen) atoms. The van der Waals surface area contributed by atoms with Crippen molar-refractivity contribution in [2.45, 2.75) is 116 Å². The number of ether oxygens (including phenoxy) is 2. The number of likely N-dealkylation sites (N-methyl/N-ethyl adjacent to an activating group) is 1. The molecule has 20 heteroatoms. The minimum Gasteiger partial charge on any atom is -0.542 e. The maximum atomic E-state index is 14.0. The zero-order valence-corrected chi connectivity index (χ0v) is 50.7. The number of alkyl halides is 3. The molecule has 4 amide bonds. The largest absolute Gasteiger partial charge is 0.542 e. The minimum absolute atomic E-state index is 0.0170. The van der Waals surface area contributed by atoms with Gasteiger partial charge in [-0.1, -0.05) is 142 Å². The Morgan fingerprint density at radius 3 is 1.97 bits per heavy atom. The maximum Gasteiger partial charge on any atom is 0.430 e. The van der Waals surface area contributed by atoms with E-state index >= 15 is 0 Å². The van der Waals surface area contributed by atoms with E-state index in [2.05, 4.69) is 137 Å². The van der Waals surface area contributed by atoms with Gasteiger partial charge in [0.05, 0.1) is 25.7 Å². The molecule has 1 aromatic heterocycles. The molecule has 0 saturated heterocycles. The predicted octanol–water partition coefficient (Wildman–Crippen LogP) is 8.41. The van der Waals surface area contributed by atoms with E-state index in [0.717, 1.165) is 53.0 Å². The van der Waals surface area contributed by atoms with Crippen LogP contribution in [0, 0.1) is 13.8 Å². The molecular formula is C68H81F3N8O9. The lowest BCUT2D eigenvalue weighted by Crippen LogP contribution is -2.48. The smallest absolute Gasteiger partial charge is 0.430 e. The number of aromatic nitrogens is 1. The average molecular weight is 1210 g/mol. The number of hydrogen-bond donors (Lipinski definition) is 6. The minimum atomic E-state index is -5.19. The number of aromatic hydroxyl groups is 1. The molecule has 1 atom stereocenters. The molecule has 1 aliphatic rings. The van der Waals surface area contributed by atoms with Gasteiger partial charge in [0.25, 0.3) is 0 Å². The van der Waals surface area contributed by atoms with Crippen LogP contribution in [0.3, 0.4) is 0 Å². The van der Waals surface area contributed by atoms with Crippen molar-refractivity contribution in [1.82, 2.24) is 21.3 Å². The van der Waals surface area contributed by atoms with Crippen LogP contribution in [0.1, 0.15) is 110 Å². The van der Waals surface area contributed by atoms with Crippen molar-refractivity contribution >= 4 is 58.1 Å². The molecule has 1 aliphatic heterocycles. The van der Waals surface area contributed by atoms with E-state index in [1.807, 2.05) is 60.7 Å². The van der Waals surface area contributed by atoms with Gasteiger partial charge in [0.15, 0.2) is 23.9 Å². The molecule has 0 unspecified atom stereocenters. The van der Waals surface area contributed by atoms with E-state index in [9.17, 15) is 37.5 Å². The van der Waals surface area contributed by atoms with Crippen molar-refractivity contribution in [3.8, 4) is 5.75 Å². The lowest BCUT2D eigenvalue weighted by molar-refractivity contribution is -0.710. The number of carbonyl (C=O) groups excluding carboxylic acids is 5. The summed E-state index contributed by atoms with van der Waals surface area (Å²) in [4.78, 5) is 68.0. The number of pyridine rings is 1. The molecule has 0 saturated carbocycles. The Bertz CT molecular complexity index is 3310. The molecule has 6 aromatic rings. The van der Waals surface area contributed by atoms with Gasteiger partial charge in [0, 0.05) is 82.3 Å². The van der Waals surface area contributed by atoms with E-state index in [1.165, 1.54) is 27.7 Å². The first-order valence-electron chi connectivity index (χ1n) is 29.6. The lowest BCUT2D eigenvalue weighted by atomic mass is 9.81. The van der Waals surface area contributed by atoms with Crippen molar-refractivity contribution < 1.29 is 61.4 Å². The first-order valence-corrected chi connectivity index (χ1v) is 29.6. The fraction of sp³-hybridized carbons (Fsp3) is 0.368. The number of benzene rings is 5. The summed E-state index contributed by atoms with van der Waals surface area (Å²) in [6, 6.07) is 42.0. The fourth-order valence-corrected chi connectivity index (χ4v) is 10.6. The molecule has 17 nitrogen and oxygen atoms in total. The van der Waals surface area contributed by atoms with Gasteiger partial charge in [0.1, 0.15) is 24.4 Å². The van der Waals surface area contributed by atoms with Crippen LogP contribution in [0.5, 0.6) is 5.75 Å². The summed E-state index contributed by atoms with van der Waals surface area (Å²) in [7, 11) is 2.16. The fourth-order valence-electron chi connectivity index (χ4n) is 10.6. The van der Waals surface area contributed by atoms with Gasteiger partial charge in [-0.25, -0.2) is 0 Å². The number of guanidine groups is 1. The lowest BCUT2D eigenvalue weighted by Gasteiger charge is -2.24.